The van der Waals surface area contributed by atoms with Crippen LogP contribution in [0.2, 0.25) is 0 Å². The van der Waals surface area contributed by atoms with Crippen molar-refractivity contribution in [1.29, 1.82) is 0 Å². The van der Waals surface area contributed by atoms with Gasteiger partial charge in [-0.1, -0.05) is 12.1 Å². The van der Waals surface area contributed by atoms with Crippen LogP contribution in [0.3, 0.4) is 0 Å². The first-order valence-electron chi connectivity index (χ1n) is 6.06. The zero-order chi connectivity index (χ0) is 13.1. The zero-order valence-corrected chi connectivity index (χ0v) is 11.0. The Morgan fingerprint density at radius 1 is 1.39 bits per heavy atom. The molecule has 0 spiro atoms. The number of hydrogen-bond donors (Lipinski definition) is 1. The SMILES string of the molecule is CNCCc1c(C)c(-c2cccc(F)c2)nn1C. The number of likely N-dealkylation sites (N-methyl/N-ethyl adjacent to an activating group) is 1. The third kappa shape index (κ3) is 2.43. The summed E-state index contributed by atoms with van der Waals surface area (Å²) in [6, 6.07) is 6.58. The van der Waals surface area contributed by atoms with Crippen molar-refractivity contribution in [3.05, 3.63) is 41.3 Å². The van der Waals surface area contributed by atoms with E-state index in [0.29, 0.717) is 0 Å². The molecule has 0 amide bonds. The van der Waals surface area contributed by atoms with Gasteiger partial charge in [0.05, 0.1) is 5.69 Å². The maximum atomic E-state index is 13.2. The average Bonchev–Trinajstić information content (AvgIpc) is 2.63. The van der Waals surface area contributed by atoms with Gasteiger partial charge in [-0.3, -0.25) is 4.68 Å². The van der Waals surface area contributed by atoms with Gasteiger partial charge in [0, 0.05) is 31.3 Å². The lowest BCUT2D eigenvalue weighted by atomic mass is 10.1. The monoisotopic (exact) mass is 247 g/mol. The summed E-state index contributed by atoms with van der Waals surface area (Å²) in [5, 5.41) is 7.62. The van der Waals surface area contributed by atoms with Crippen molar-refractivity contribution in [3.8, 4) is 11.3 Å². The maximum absolute atomic E-state index is 13.2. The number of rotatable bonds is 4. The van der Waals surface area contributed by atoms with Gasteiger partial charge >= 0.3 is 0 Å². The van der Waals surface area contributed by atoms with Gasteiger partial charge in [-0.25, -0.2) is 4.39 Å². The van der Waals surface area contributed by atoms with Crippen molar-refractivity contribution < 1.29 is 4.39 Å². The first-order valence-corrected chi connectivity index (χ1v) is 6.06. The predicted octanol–water partition coefficient (Wildman–Crippen LogP) is 2.30. The normalized spacial score (nSPS) is 10.9. The zero-order valence-electron chi connectivity index (χ0n) is 11.0. The second-order valence-electron chi connectivity index (χ2n) is 4.41. The van der Waals surface area contributed by atoms with Gasteiger partial charge in [-0.05, 0) is 31.7 Å². The fourth-order valence-electron chi connectivity index (χ4n) is 2.17. The van der Waals surface area contributed by atoms with Crippen molar-refractivity contribution in [2.45, 2.75) is 13.3 Å². The van der Waals surface area contributed by atoms with Crippen molar-refractivity contribution >= 4 is 0 Å². The molecule has 0 saturated carbocycles. The highest BCUT2D eigenvalue weighted by Gasteiger charge is 2.13. The minimum atomic E-state index is -0.227. The van der Waals surface area contributed by atoms with Gasteiger partial charge < -0.3 is 5.32 Å². The van der Waals surface area contributed by atoms with Crippen LogP contribution >= 0.6 is 0 Å². The number of aryl methyl sites for hydroxylation is 1. The lowest BCUT2D eigenvalue weighted by Gasteiger charge is -2.02. The molecule has 0 aliphatic rings. The van der Waals surface area contributed by atoms with Gasteiger partial charge in [0.25, 0.3) is 0 Å². The molecular weight excluding hydrogens is 229 g/mol. The van der Waals surface area contributed by atoms with Crippen LogP contribution in [0.25, 0.3) is 11.3 Å². The largest absolute Gasteiger partial charge is 0.319 e. The van der Waals surface area contributed by atoms with E-state index in [2.05, 4.69) is 10.4 Å². The molecule has 1 aromatic heterocycles. The third-order valence-corrected chi connectivity index (χ3v) is 3.14. The Morgan fingerprint density at radius 3 is 2.83 bits per heavy atom. The minimum absolute atomic E-state index is 0.227. The van der Waals surface area contributed by atoms with Gasteiger partial charge in [-0.15, -0.1) is 0 Å². The van der Waals surface area contributed by atoms with E-state index < -0.39 is 0 Å². The minimum Gasteiger partial charge on any atom is -0.319 e. The number of nitrogens with one attached hydrogen (secondary N) is 1. The molecule has 0 saturated heterocycles. The molecule has 0 bridgehead atoms. The first kappa shape index (κ1) is 12.8. The highest BCUT2D eigenvalue weighted by molar-refractivity contribution is 5.63. The van der Waals surface area contributed by atoms with Crippen LogP contribution in [0.1, 0.15) is 11.3 Å². The van der Waals surface area contributed by atoms with Crippen LogP contribution in [0, 0.1) is 12.7 Å². The molecule has 2 rings (SSSR count). The van der Waals surface area contributed by atoms with Crippen LogP contribution in [0.15, 0.2) is 24.3 Å². The van der Waals surface area contributed by atoms with Crippen molar-refractivity contribution in [2.75, 3.05) is 13.6 Å². The number of halogens is 1. The van der Waals surface area contributed by atoms with Crippen LogP contribution < -0.4 is 5.32 Å². The molecule has 0 unspecified atom stereocenters. The Kier molecular flexibility index (Phi) is 3.77. The molecule has 4 heteroatoms. The quantitative estimate of drug-likeness (QED) is 0.898. The second kappa shape index (κ2) is 5.31. The molecule has 1 heterocycles. The average molecular weight is 247 g/mol. The van der Waals surface area contributed by atoms with Crippen molar-refractivity contribution in [1.82, 2.24) is 15.1 Å². The molecule has 96 valence electrons. The number of benzene rings is 1. The molecular formula is C14H18FN3. The maximum Gasteiger partial charge on any atom is 0.123 e. The van der Waals surface area contributed by atoms with Crippen LogP contribution in [0.5, 0.6) is 0 Å². The van der Waals surface area contributed by atoms with Gasteiger partial charge in [-0.2, -0.15) is 5.10 Å². The van der Waals surface area contributed by atoms with Gasteiger partial charge in [0.1, 0.15) is 5.82 Å². The van der Waals surface area contributed by atoms with Crippen molar-refractivity contribution in [3.63, 3.8) is 0 Å². The number of hydrogen-bond acceptors (Lipinski definition) is 2. The Balaban J connectivity index is 2.40. The summed E-state index contributed by atoms with van der Waals surface area (Å²) in [6.45, 7) is 2.95. The summed E-state index contributed by atoms with van der Waals surface area (Å²) in [6.07, 6.45) is 0.918. The summed E-state index contributed by atoms with van der Waals surface area (Å²) in [4.78, 5) is 0. The van der Waals surface area contributed by atoms with Crippen LogP contribution in [-0.2, 0) is 13.5 Å². The summed E-state index contributed by atoms with van der Waals surface area (Å²) < 4.78 is 15.1. The molecule has 0 aliphatic carbocycles. The molecule has 0 aliphatic heterocycles. The summed E-state index contributed by atoms with van der Waals surface area (Å²) in [5.41, 5.74) is 4.00. The van der Waals surface area contributed by atoms with Gasteiger partial charge in [0.2, 0.25) is 0 Å². The van der Waals surface area contributed by atoms with E-state index in [9.17, 15) is 4.39 Å². The van der Waals surface area contributed by atoms with E-state index in [1.165, 1.54) is 17.8 Å². The Bertz CT molecular complexity index is 546. The number of nitrogens with zero attached hydrogens (tertiary/aromatic N) is 2. The van der Waals surface area contributed by atoms with Gasteiger partial charge in [0.15, 0.2) is 0 Å². The number of aromatic nitrogens is 2. The van der Waals surface area contributed by atoms with E-state index in [1.807, 2.05) is 31.8 Å². The molecule has 2 aromatic rings. The lowest BCUT2D eigenvalue weighted by molar-refractivity contribution is 0.628. The molecule has 1 N–H and O–H groups in total. The molecule has 3 nitrogen and oxygen atoms in total. The van der Waals surface area contributed by atoms with E-state index >= 15 is 0 Å². The predicted molar refractivity (Wildman–Crippen MR) is 71.0 cm³/mol. The fourth-order valence-corrected chi connectivity index (χ4v) is 2.17. The highest BCUT2D eigenvalue weighted by atomic mass is 19.1. The van der Waals surface area contributed by atoms with Crippen LogP contribution in [0.4, 0.5) is 4.39 Å². The Morgan fingerprint density at radius 2 is 2.17 bits per heavy atom. The molecule has 1 aromatic carbocycles. The van der Waals surface area contributed by atoms with E-state index in [4.69, 9.17) is 0 Å². The van der Waals surface area contributed by atoms with Crippen molar-refractivity contribution in [2.24, 2.45) is 7.05 Å². The van der Waals surface area contributed by atoms with Crippen LogP contribution in [-0.4, -0.2) is 23.4 Å². The topological polar surface area (TPSA) is 29.9 Å². The fraction of sp³-hybridized carbons (Fsp3) is 0.357. The smallest absolute Gasteiger partial charge is 0.123 e. The second-order valence-corrected chi connectivity index (χ2v) is 4.41. The molecule has 0 fully saturated rings. The summed E-state index contributed by atoms with van der Waals surface area (Å²) in [7, 11) is 3.86. The summed E-state index contributed by atoms with van der Waals surface area (Å²) >= 11 is 0. The molecule has 0 radical (unpaired) electrons. The first-order chi connectivity index (χ1) is 8.63. The third-order valence-electron chi connectivity index (χ3n) is 3.14. The van der Waals surface area contributed by atoms with E-state index in [0.717, 1.165) is 29.8 Å². The standard InChI is InChI=1S/C14H18FN3/c1-10-13(7-8-16-2)18(3)17-14(10)11-5-4-6-12(15)9-11/h4-6,9,16H,7-8H2,1-3H3. The molecule has 18 heavy (non-hydrogen) atoms. The highest BCUT2D eigenvalue weighted by Crippen LogP contribution is 2.25. The molecule has 0 atom stereocenters. The van der Waals surface area contributed by atoms with E-state index in [1.54, 1.807) is 6.07 Å². The Labute approximate surface area is 107 Å². The lowest BCUT2D eigenvalue weighted by Crippen LogP contribution is -2.13. The van der Waals surface area contributed by atoms with E-state index in [-0.39, 0.29) is 5.82 Å². The Hall–Kier alpha value is -1.68. The summed E-state index contributed by atoms with van der Waals surface area (Å²) in [5.74, 6) is -0.227.